The van der Waals surface area contributed by atoms with Crippen molar-refractivity contribution in [2.24, 2.45) is 0 Å². The highest BCUT2D eigenvalue weighted by Gasteiger charge is 2.24. The van der Waals surface area contributed by atoms with Gasteiger partial charge in [0.05, 0.1) is 26.5 Å². The standard InChI is InChI=1S/C26H24N2O6/c1-4-33-17-11-9-16(10-12-17)25(29)28-23-19-7-5-6-8-21(19)34-24(23)26(30)27-20-14-13-18(31-2)15-22(20)32-3/h5-15H,4H2,1-3H3,(H,27,30)(H,28,29). The first kappa shape index (κ1) is 22.7. The maximum atomic E-state index is 13.2. The molecule has 0 atom stereocenters. The number of carbonyl (C=O) groups excluding carboxylic acids is 2. The minimum absolute atomic E-state index is 0.0293. The van der Waals surface area contributed by atoms with E-state index in [1.165, 1.54) is 7.11 Å². The number of hydrogen-bond acceptors (Lipinski definition) is 6. The van der Waals surface area contributed by atoms with Gasteiger partial charge in [-0.25, -0.2) is 0 Å². The summed E-state index contributed by atoms with van der Waals surface area (Å²) in [7, 11) is 3.04. The molecule has 4 rings (SSSR count). The van der Waals surface area contributed by atoms with Crippen LogP contribution in [-0.4, -0.2) is 32.6 Å². The van der Waals surface area contributed by atoms with Gasteiger partial charge in [-0.15, -0.1) is 0 Å². The molecule has 0 fully saturated rings. The Bertz CT molecular complexity index is 1330. The topological polar surface area (TPSA) is 99.0 Å². The SMILES string of the molecule is CCOc1ccc(C(=O)Nc2c(C(=O)Nc3ccc(OC)cc3OC)oc3ccccc23)cc1. The van der Waals surface area contributed by atoms with Crippen LogP contribution in [0.15, 0.2) is 71.1 Å². The molecule has 1 aromatic heterocycles. The molecular weight excluding hydrogens is 436 g/mol. The minimum Gasteiger partial charge on any atom is -0.497 e. The van der Waals surface area contributed by atoms with E-state index in [0.29, 0.717) is 46.1 Å². The van der Waals surface area contributed by atoms with Crippen molar-refractivity contribution in [3.8, 4) is 17.2 Å². The number of fused-ring (bicyclic) bond motifs is 1. The lowest BCUT2D eigenvalue weighted by Gasteiger charge is -2.12. The number of nitrogens with one attached hydrogen (secondary N) is 2. The van der Waals surface area contributed by atoms with Crippen LogP contribution in [0, 0.1) is 0 Å². The van der Waals surface area contributed by atoms with Crippen LogP contribution in [-0.2, 0) is 0 Å². The highest BCUT2D eigenvalue weighted by Crippen LogP contribution is 2.34. The fourth-order valence-corrected chi connectivity index (χ4v) is 3.47. The summed E-state index contributed by atoms with van der Waals surface area (Å²) in [5.74, 6) is 0.720. The quantitative estimate of drug-likeness (QED) is 0.368. The molecule has 8 heteroatoms. The molecule has 0 spiro atoms. The monoisotopic (exact) mass is 460 g/mol. The molecule has 0 radical (unpaired) electrons. The number of anilines is 2. The Hall–Kier alpha value is -4.46. The van der Waals surface area contributed by atoms with Gasteiger partial charge in [0.1, 0.15) is 28.5 Å². The number of carbonyl (C=O) groups is 2. The van der Waals surface area contributed by atoms with Crippen molar-refractivity contribution in [1.29, 1.82) is 0 Å². The highest BCUT2D eigenvalue weighted by atomic mass is 16.5. The molecule has 174 valence electrons. The van der Waals surface area contributed by atoms with Gasteiger partial charge >= 0.3 is 0 Å². The summed E-state index contributed by atoms with van der Waals surface area (Å²) in [6, 6.07) is 18.9. The fourth-order valence-electron chi connectivity index (χ4n) is 3.47. The lowest BCUT2D eigenvalue weighted by molar-refractivity contribution is 0.0999. The zero-order valence-electron chi connectivity index (χ0n) is 19.0. The van der Waals surface area contributed by atoms with Crippen LogP contribution in [0.4, 0.5) is 11.4 Å². The van der Waals surface area contributed by atoms with E-state index in [1.54, 1.807) is 73.8 Å². The maximum absolute atomic E-state index is 13.2. The molecule has 4 aromatic rings. The Morgan fingerprint density at radius 3 is 2.29 bits per heavy atom. The van der Waals surface area contributed by atoms with Crippen LogP contribution in [0.5, 0.6) is 17.2 Å². The van der Waals surface area contributed by atoms with E-state index < -0.39 is 5.91 Å². The lowest BCUT2D eigenvalue weighted by Crippen LogP contribution is -2.17. The van der Waals surface area contributed by atoms with Crippen LogP contribution < -0.4 is 24.8 Å². The molecule has 1 heterocycles. The molecule has 3 aromatic carbocycles. The summed E-state index contributed by atoms with van der Waals surface area (Å²) < 4.78 is 21.8. The second kappa shape index (κ2) is 9.99. The van der Waals surface area contributed by atoms with Gasteiger partial charge in [0.25, 0.3) is 11.8 Å². The normalized spacial score (nSPS) is 10.6. The van der Waals surface area contributed by atoms with Gasteiger partial charge in [0.15, 0.2) is 0 Å². The van der Waals surface area contributed by atoms with Crippen molar-refractivity contribution in [2.75, 3.05) is 31.5 Å². The predicted molar refractivity (Wildman–Crippen MR) is 129 cm³/mol. The van der Waals surface area contributed by atoms with Gasteiger partial charge < -0.3 is 29.3 Å². The highest BCUT2D eigenvalue weighted by molar-refractivity contribution is 6.17. The second-order valence-electron chi connectivity index (χ2n) is 7.23. The molecule has 2 N–H and O–H groups in total. The average Bonchev–Trinajstić information content (AvgIpc) is 3.23. The molecule has 0 saturated carbocycles. The van der Waals surface area contributed by atoms with Crippen LogP contribution in [0.1, 0.15) is 27.8 Å². The van der Waals surface area contributed by atoms with Crippen molar-refractivity contribution in [3.05, 3.63) is 78.1 Å². The number of benzene rings is 3. The van der Waals surface area contributed by atoms with E-state index in [9.17, 15) is 9.59 Å². The van der Waals surface area contributed by atoms with E-state index in [4.69, 9.17) is 18.6 Å². The Morgan fingerprint density at radius 2 is 1.59 bits per heavy atom. The van der Waals surface area contributed by atoms with E-state index >= 15 is 0 Å². The molecule has 0 aliphatic carbocycles. The second-order valence-corrected chi connectivity index (χ2v) is 7.23. The summed E-state index contributed by atoms with van der Waals surface area (Å²) in [6.45, 7) is 2.42. The Kier molecular flexibility index (Phi) is 6.68. The number of furan rings is 1. The molecule has 0 unspecified atom stereocenters. The number of rotatable bonds is 8. The van der Waals surface area contributed by atoms with E-state index in [2.05, 4.69) is 10.6 Å². The summed E-state index contributed by atoms with van der Waals surface area (Å²) >= 11 is 0. The van der Waals surface area contributed by atoms with Gasteiger partial charge in [-0.05, 0) is 55.5 Å². The van der Waals surface area contributed by atoms with E-state index in [0.717, 1.165) is 0 Å². The van der Waals surface area contributed by atoms with Gasteiger partial charge in [0.2, 0.25) is 5.76 Å². The zero-order valence-corrected chi connectivity index (χ0v) is 19.0. The molecule has 34 heavy (non-hydrogen) atoms. The molecular formula is C26H24N2O6. The molecule has 0 saturated heterocycles. The van der Waals surface area contributed by atoms with Crippen LogP contribution in [0.3, 0.4) is 0 Å². The Labute approximate surface area is 196 Å². The summed E-state index contributed by atoms with van der Waals surface area (Å²) in [6.07, 6.45) is 0. The van der Waals surface area contributed by atoms with Crippen molar-refractivity contribution in [3.63, 3.8) is 0 Å². The first-order valence-corrected chi connectivity index (χ1v) is 10.6. The molecule has 0 aliphatic rings. The molecule has 0 bridgehead atoms. The summed E-state index contributed by atoms with van der Waals surface area (Å²) in [5.41, 5.74) is 1.59. The van der Waals surface area contributed by atoms with Crippen molar-refractivity contribution < 1.29 is 28.2 Å². The van der Waals surface area contributed by atoms with E-state index in [1.807, 2.05) is 6.92 Å². The van der Waals surface area contributed by atoms with Gasteiger partial charge in [-0.1, -0.05) is 12.1 Å². The summed E-state index contributed by atoms with van der Waals surface area (Å²) in [5, 5.41) is 6.22. The number of ether oxygens (including phenoxy) is 3. The van der Waals surface area contributed by atoms with Gasteiger partial charge in [-0.3, -0.25) is 9.59 Å². The van der Waals surface area contributed by atoms with Gasteiger partial charge in [-0.2, -0.15) is 0 Å². The fraction of sp³-hybridized carbons (Fsp3) is 0.154. The van der Waals surface area contributed by atoms with Crippen LogP contribution >= 0.6 is 0 Å². The smallest absolute Gasteiger partial charge is 0.293 e. The Balaban J connectivity index is 1.65. The van der Waals surface area contributed by atoms with Gasteiger partial charge in [0, 0.05) is 17.0 Å². The molecule has 8 nitrogen and oxygen atoms in total. The van der Waals surface area contributed by atoms with E-state index in [-0.39, 0.29) is 17.4 Å². The first-order chi connectivity index (χ1) is 16.5. The number of hydrogen-bond donors (Lipinski definition) is 2. The number of methoxy groups -OCH3 is 2. The first-order valence-electron chi connectivity index (χ1n) is 10.6. The predicted octanol–water partition coefficient (Wildman–Crippen LogP) is 5.35. The molecule has 2 amide bonds. The average molecular weight is 460 g/mol. The van der Waals surface area contributed by atoms with Crippen LogP contribution in [0.2, 0.25) is 0 Å². The summed E-state index contributed by atoms with van der Waals surface area (Å²) in [4.78, 5) is 26.2. The lowest BCUT2D eigenvalue weighted by atomic mass is 10.1. The van der Waals surface area contributed by atoms with Crippen molar-refractivity contribution in [2.45, 2.75) is 6.92 Å². The largest absolute Gasteiger partial charge is 0.497 e. The van der Waals surface area contributed by atoms with Crippen molar-refractivity contribution >= 4 is 34.2 Å². The Morgan fingerprint density at radius 1 is 0.853 bits per heavy atom. The van der Waals surface area contributed by atoms with Crippen molar-refractivity contribution in [1.82, 2.24) is 0 Å². The number of amides is 2. The van der Waals surface area contributed by atoms with Crippen LogP contribution in [0.25, 0.3) is 11.0 Å². The third-order valence-corrected chi connectivity index (χ3v) is 5.12. The number of para-hydroxylation sites is 1. The maximum Gasteiger partial charge on any atom is 0.293 e. The zero-order chi connectivity index (χ0) is 24.1. The molecule has 0 aliphatic heterocycles. The third-order valence-electron chi connectivity index (χ3n) is 5.12. The third kappa shape index (κ3) is 4.66. The minimum atomic E-state index is -0.540.